The van der Waals surface area contributed by atoms with Gasteiger partial charge in [0, 0.05) is 12.0 Å². The van der Waals surface area contributed by atoms with Crippen LogP contribution in [0.5, 0.6) is 0 Å². The van der Waals surface area contributed by atoms with Crippen LogP contribution in [-0.2, 0) is 13.0 Å². The third-order valence-corrected chi connectivity index (χ3v) is 4.81. The highest BCUT2D eigenvalue weighted by Crippen LogP contribution is 2.15. The minimum absolute atomic E-state index is 0.968. The Morgan fingerprint density at radius 2 is 1.15 bits per heavy atom. The largest absolute Gasteiger partial charge is 0.282 e. The Morgan fingerprint density at radius 3 is 1.62 bits per heavy atom. The Labute approximate surface area is 159 Å². The van der Waals surface area contributed by atoms with Crippen LogP contribution in [0.3, 0.4) is 0 Å². The van der Waals surface area contributed by atoms with E-state index in [-0.39, 0.29) is 0 Å². The van der Waals surface area contributed by atoms with Crippen molar-refractivity contribution in [3.63, 3.8) is 0 Å². The molecule has 2 aromatic carbocycles. The molecular formula is C24H34N2+2. The van der Waals surface area contributed by atoms with Crippen LogP contribution in [0.15, 0.2) is 61.7 Å². The summed E-state index contributed by atoms with van der Waals surface area (Å²) < 4.78 is 1.97. The predicted octanol–water partition coefficient (Wildman–Crippen LogP) is 4.83. The maximum atomic E-state index is 3.83. The van der Waals surface area contributed by atoms with E-state index in [1.165, 1.54) is 22.3 Å². The summed E-state index contributed by atoms with van der Waals surface area (Å²) in [5.41, 5.74) is 5.13. The maximum absolute atomic E-state index is 3.83. The van der Waals surface area contributed by atoms with Gasteiger partial charge in [-0.2, -0.15) is 0 Å². The lowest BCUT2D eigenvalue weighted by Crippen LogP contribution is -2.55. The van der Waals surface area contributed by atoms with Gasteiger partial charge in [0.15, 0.2) is 0 Å². The second kappa shape index (κ2) is 8.48. The van der Waals surface area contributed by atoms with Crippen molar-refractivity contribution in [3.05, 3.63) is 83.9 Å². The summed E-state index contributed by atoms with van der Waals surface area (Å²) in [6.45, 7) is 10.9. The Balaban J connectivity index is 1.93. The van der Waals surface area contributed by atoms with Crippen molar-refractivity contribution in [1.29, 1.82) is 0 Å². The second-order valence-corrected chi connectivity index (χ2v) is 8.54. The number of nitrogens with zero attached hydrogens (tertiary/aromatic N) is 2. The average molecular weight is 351 g/mol. The Kier molecular flexibility index (Phi) is 6.57. The summed E-state index contributed by atoms with van der Waals surface area (Å²) in [7, 11) is 9.30. The fraction of sp³-hybridized carbons (Fsp3) is 0.333. The monoisotopic (exact) mass is 350 g/mol. The Bertz CT molecular complexity index is 722. The number of rotatable bonds is 9. The van der Waals surface area contributed by atoms with Gasteiger partial charge in [-0.05, 0) is 16.7 Å². The van der Waals surface area contributed by atoms with Crippen LogP contribution >= 0.6 is 0 Å². The molecule has 0 aliphatic carbocycles. The summed E-state index contributed by atoms with van der Waals surface area (Å²) in [6.07, 6.45) is 4.88. The summed E-state index contributed by atoms with van der Waals surface area (Å²) >= 11 is 0. The quantitative estimate of drug-likeness (QED) is 0.449. The smallest absolute Gasteiger partial charge is 0.207 e. The molecule has 0 radical (unpaired) electrons. The molecule has 0 fully saturated rings. The number of hydrogen-bond donors (Lipinski definition) is 0. The van der Waals surface area contributed by atoms with Crippen molar-refractivity contribution in [2.24, 2.45) is 0 Å². The molecular weight excluding hydrogens is 316 g/mol. The zero-order chi connectivity index (χ0) is 19.2. The van der Waals surface area contributed by atoms with Crippen LogP contribution < -0.4 is 0 Å². The van der Waals surface area contributed by atoms with Crippen LogP contribution in [0, 0.1) is 0 Å². The first-order chi connectivity index (χ1) is 12.2. The van der Waals surface area contributed by atoms with E-state index in [1.807, 2.05) is 12.2 Å². The molecule has 26 heavy (non-hydrogen) atoms. The minimum atomic E-state index is 0.968. The molecule has 0 heterocycles. The van der Waals surface area contributed by atoms with E-state index >= 15 is 0 Å². The predicted molar refractivity (Wildman–Crippen MR) is 114 cm³/mol. The van der Waals surface area contributed by atoms with Crippen LogP contribution in [-0.4, -0.2) is 50.4 Å². The standard InChI is InChI=1S/C24H34N2/c1-7-21-9-13-23(14-10-21)17-18-25(3,4)20-26(5,6)19-24-15-11-22(8-2)12-16-24/h7-16H,1-2,17-20H2,3-6H3/q+2. The molecule has 138 valence electrons. The first-order valence-corrected chi connectivity index (χ1v) is 9.30. The molecule has 2 heteroatoms. The zero-order valence-corrected chi connectivity index (χ0v) is 16.9. The third-order valence-electron chi connectivity index (χ3n) is 4.81. The van der Waals surface area contributed by atoms with E-state index in [2.05, 4.69) is 89.9 Å². The number of likely N-dealkylation sites (N-methyl/N-ethyl adjacent to an activating group) is 1. The van der Waals surface area contributed by atoms with Crippen LogP contribution in [0.4, 0.5) is 0 Å². The van der Waals surface area contributed by atoms with Crippen molar-refractivity contribution < 1.29 is 8.97 Å². The lowest BCUT2D eigenvalue weighted by Gasteiger charge is -2.39. The normalized spacial score (nSPS) is 12.0. The summed E-state index contributed by atoms with van der Waals surface area (Å²) in [6, 6.07) is 17.5. The van der Waals surface area contributed by atoms with E-state index in [0.717, 1.165) is 35.1 Å². The van der Waals surface area contributed by atoms with Gasteiger partial charge in [0.1, 0.15) is 6.54 Å². The van der Waals surface area contributed by atoms with Crippen LogP contribution in [0.2, 0.25) is 0 Å². The molecule has 0 atom stereocenters. The number of benzene rings is 2. The third kappa shape index (κ3) is 6.29. The fourth-order valence-electron chi connectivity index (χ4n) is 3.66. The lowest BCUT2D eigenvalue weighted by molar-refractivity contribution is -1.08. The van der Waals surface area contributed by atoms with E-state index in [0.29, 0.717) is 0 Å². The Morgan fingerprint density at radius 1 is 0.692 bits per heavy atom. The van der Waals surface area contributed by atoms with Gasteiger partial charge in [-0.25, -0.2) is 0 Å². The van der Waals surface area contributed by atoms with Gasteiger partial charge in [0.2, 0.25) is 6.67 Å². The van der Waals surface area contributed by atoms with Crippen LogP contribution in [0.25, 0.3) is 12.2 Å². The minimum Gasteiger partial charge on any atom is -0.282 e. The zero-order valence-electron chi connectivity index (χ0n) is 16.9. The summed E-state index contributed by atoms with van der Waals surface area (Å²) in [4.78, 5) is 0. The lowest BCUT2D eigenvalue weighted by atomic mass is 10.1. The average Bonchev–Trinajstić information content (AvgIpc) is 2.60. The molecule has 0 saturated heterocycles. The molecule has 0 spiro atoms. The van der Waals surface area contributed by atoms with Gasteiger partial charge in [0.25, 0.3) is 0 Å². The molecule has 2 aromatic rings. The number of quaternary nitrogens is 2. The maximum Gasteiger partial charge on any atom is 0.207 e. The molecule has 0 amide bonds. The van der Waals surface area contributed by atoms with Gasteiger partial charge >= 0.3 is 0 Å². The SMILES string of the molecule is C=Cc1ccc(CC[N+](C)(C)C[N+](C)(C)Cc2ccc(C=C)cc2)cc1. The van der Waals surface area contributed by atoms with E-state index < -0.39 is 0 Å². The van der Waals surface area contributed by atoms with Crippen molar-refractivity contribution in [3.8, 4) is 0 Å². The molecule has 0 saturated carbocycles. The molecule has 0 unspecified atom stereocenters. The molecule has 0 N–H and O–H groups in total. The first-order valence-electron chi connectivity index (χ1n) is 9.30. The molecule has 0 bridgehead atoms. The van der Waals surface area contributed by atoms with Crippen molar-refractivity contribution in [1.82, 2.24) is 0 Å². The van der Waals surface area contributed by atoms with Crippen molar-refractivity contribution in [2.75, 3.05) is 41.4 Å². The highest BCUT2D eigenvalue weighted by Gasteiger charge is 2.27. The van der Waals surface area contributed by atoms with Gasteiger partial charge in [-0.3, -0.25) is 8.97 Å². The van der Waals surface area contributed by atoms with Gasteiger partial charge in [0.05, 0.1) is 34.7 Å². The van der Waals surface area contributed by atoms with E-state index in [1.54, 1.807) is 0 Å². The van der Waals surface area contributed by atoms with Crippen LogP contribution in [0.1, 0.15) is 22.3 Å². The van der Waals surface area contributed by atoms with E-state index in [4.69, 9.17) is 0 Å². The van der Waals surface area contributed by atoms with Crippen molar-refractivity contribution >= 4 is 12.2 Å². The molecule has 0 aromatic heterocycles. The number of hydrogen-bond acceptors (Lipinski definition) is 0. The van der Waals surface area contributed by atoms with Gasteiger partial charge in [-0.1, -0.05) is 73.8 Å². The highest BCUT2D eigenvalue weighted by atomic mass is 15.5. The fourth-order valence-corrected chi connectivity index (χ4v) is 3.66. The molecule has 0 aliphatic heterocycles. The second-order valence-electron chi connectivity index (χ2n) is 8.54. The molecule has 0 aliphatic rings. The topological polar surface area (TPSA) is 0 Å². The van der Waals surface area contributed by atoms with Gasteiger partial charge < -0.3 is 0 Å². The summed E-state index contributed by atoms with van der Waals surface area (Å²) in [5, 5.41) is 0. The Hall–Kier alpha value is -2.16. The molecule has 2 nitrogen and oxygen atoms in total. The highest BCUT2D eigenvalue weighted by molar-refractivity contribution is 5.47. The van der Waals surface area contributed by atoms with E-state index in [9.17, 15) is 0 Å². The molecule has 2 rings (SSSR count). The van der Waals surface area contributed by atoms with Crippen molar-refractivity contribution in [2.45, 2.75) is 13.0 Å². The van der Waals surface area contributed by atoms with Gasteiger partial charge in [-0.15, -0.1) is 0 Å². The first kappa shape index (κ1) is 20.2. The summed E-state index contributed by atoms with van der Waals surface area (Å²) in [5.74, 6) is 0.